The third-order valence-corrected chi connectivity index (χ3v) is 2.37. The average molecular weight is 182 g/mol. The van der Waals surface area contributed by atoms with Gasteiger partial charge in [-0.1, -0.05) is 19.1 Å². The van der Waals surface area contributed by atoms with Crippen molar-refractivity contribution in [3.8, 4) is 0 Å². The van der Waals surface area contributed by atoms with Gasteiger partial charge >= 0.3 is 5.97 Å². The summed E-state index contributed by atoms with van der Waals surface area (Å²) < 4.78 is 0. The van der Waals surface area contributed by atoms with E-state index in [1.165, 1.54) is 6.08 Å². The van der Waals surface area contributed by atoms with Crippen LogP contribution in [0.4, 0.5) is 0 Å². The van der Waals surface area contributed by atoms with Gasteiger partial charge in [0.2, 0.25) is 0 Å². The second kappa shape index (κ2) is 3.22. The summed E-state index contributed by atoms with van der Waals surface area (Å²) >= 11 is 0. The van der Waals surface area contributed by atoms with Gasteiger partial charge in [-0.25, -0.2) is 4.79 Å². The van der Waals surface area contributed by atoms with Crippen LogP contribution in [-0.2, 0) is 4.79 Å². The lowest BCUT2D eigenvalue weighted by Crippen LogP contribution is -2.53. The Morgan fingerprint density at radius 2 is 2.38 bits per heavy atom. The maximum Gasteiger partial charge on any atom is 0.328 e. The molecule has 0 fully saturated rings. The molecule has 5 N–H and O–H groups in total. The summed E-state index contributed by atoms with van der Waals surface area (Å²) in [5, 5.41) is 8.94. The third kappa shape index (κ3) is 1.58. The lowest BCUT2D eigenvalue weighted by Gasteiger charge is -2.30. The Morgan fingerprint density at radius 1 is 1.77 bits per heavy atom. The summed E-state index contributed by atoms with van der Waals surface area (Å²) in [6.45, 7) is 1.89. The largest absolute Gasteiger partial charge is 0.480 e. The van der Waals surface area contributed by atoms with E-state index in [2.05, 4.69) is 0 Å². The molecule has 13 heavy (non-hydrogen) atoms. The van der Waals surface area contributed by atoms with E-state index in [0.717, 1.165) is 0 Å². The zero-order chi connectivity index (χ0) is 10.1. The molecule has 2 atom stereocenters. The van der Waals surface area contributed by atoms with Gasteiger partial charge in [-0.15, -0.1) is 0 Å². The molecule has 0 radical (unpaired) electrons. The molecule has 0 heterocycles. The summed E-state index contributed by atoms with van der Waals surface area (Å²) in [6.07, 6.45) is 5.36. The molecule has 1 aliphatic carbocycles. The molecule has 0 bridgehead atoms. The Bertz CT molecular complexity index is 283. The molecule has 2 unspecified atom stereocenters. The summed E-state index contributed by atoms with van der Waals surface area (Å²) in [5.41, 5.74) is 10.6. The van der Waals surface area contributed by atoms with Gasteiger partial charge in [0, 0.05) is 11.6 Å². The van der Waals surface area contributed by atoms with Crippen LogP contribution in [0, 0.1) is 5.92 Å². The molecular weight excluding hydrogens is 168 g/mol. The second-order valence-corrected chi connectivity index (χ2v) is 3.25. The van der Waals surface area contributed by atoms with Gasteiger partial charge < -0.3 is 16.6 Å². The summed E-state index contributed by atoms with van der Waals surface area (Å²) in [6, 6.07) is 0. The van der Waals surface area contributed by atoms with E-state index in [9.17, 15) is 4.79 Å². The van der Waals surface area contributed by atoms with E-state index in [1.807, 2.05) is 6.92 Å². The smallest absolute Gasteiger partial charge is 0.328 e. The monoisotopic (exact) mass is 182 g/mol. The molecule has 4 heteroatoms. The van der Waals surface area contributed by atoms with Crippen molar-refractivity contribution in [2.45, 2.75) is 18.9 Å². The minimum absolute atomic E-state index is 0.227. The number of allylic oxidation sites excluding steroid dienone is 1. The Morgan fingerprint density at radius 3 is 2.85 bits per heavy atom. The van der Waals surface area contributed by atoms with E-state index in [-0.39, 0.29) is 5.92 Å². The van der Waals surface area contributed by atoms with Crippen molar-refractivity contribution in [1.82, 2.24) is 0 Å². The Labute approximate surface area is 76.9 Å². The number of hydrogen-bond acceptors (Lipinski definition) is 3. The molecule has 4 nitrogen and oxygen atoms in total. The number of rotatable bonds is 2. The summed E-state index contributed by atoms with van der Waals surface area (Å²) in [4.78, 5) is 10.9. The van der Waals surface area contributed by atoms with Crippen molar-refractivity contribution < 1.29 is 9.90 Å². The van der Waals surface area contributed by atoms with Crippen LogP contribution in [0.3, 0.4) is 0 Å². The maximum atomic E-state index is 10.9. The normalized spacial score (nSPS) is 32.8. The molecule has 1 aliphatic rings. The van der Waals surface area contributed by atoms with Crippen LogP contribution in [0.2, 0.25) is 0 Å². The molecular formula is C9H14N2O2. The van der Waals surface area contributed by atoms with Gasteiger partial charge in [0.05, 0.1) is 0 Å². The van der Waals surface area contributed by atoms with Crippen LogP contribution >= 0.6 is 0 Å². The van der Waals surface area contributed by atoms with Crippen LogP contribution in [0.5, 0.6) is 0 Å². The molecule has 0 spiro atoms. The topological polar surface area (TPSA) is 89.3 Å². The lowest BCUT2D eigenvalue weighted by atomic mass is 9.79. The van der Waals surface area contributed by atoms with Gasteiger partial charge in [-0.3, -0.25) is 0 Å². The number of carbonyl (C=O) groups is 1. The highest BCUT2D eigenvalue weighted by molar-refractivity contribution is 5.82. The summed E-state index contributed by atoms with van der Waals surface area (Å²) in [5.74, 6) is -1.24. The molecule has 0 aliphatic heterocycles. The van der Waals surface area contributed by atoms with Crippen LogP contribution in [0.25, 0.3) is 0 Å². The standard InChI is InChI=1S/C9H14N2O2/c1-2-6-5-7(10)3-4-9(6,11)8(12)13/h3-6H,2,10-11H2,1H3,(H,12,13). The van der Waals surface area contributed by atoms with Gasteiger partial charge in [-0.2, -0.15) is 0 Å². The fourth-order valence-corrected chi connectivity index (χ4v) is 1.47. The first-order valence-electron chi connectivity index (χ1n) is 4.19. The van der Waals surface area contributed by atoms with Crippen molar-refractivity contribution in [3.63, 3.8) is 0 Å². The number of nitrogens with two attached hydrogens (primary N) is 2. The van der Waals surface area contributed by atoms with Gasteiger partial charge in [0.25, 0.3) is 0 Å². The van der Waals surface area contributed by atoms with E-state index < -0.39 is 11.5 Å². The molecule has 0 saturated heterocycles. The zero-order valence-electron chi connectivity index (χ0n) is 7.53. The number of carboxylic acids is 1. The highest BCUT2D eigenvalue weighted by Gasteiger charge is 2.39. The van der Waals surface area contributed by atoms with Crippen LogP contribution in [-0.4, -0.2) is 16.6 Å². The maximum absolute atomic E-state index is 10.9. The van der Waals surface area contributed by atoms with Crippen molar-refractivity contribution in [1.29, 1.82) is 0 Å². The van der Waals surface area contributed by atoms with E-state index in [4.69, 9.17) is 16.6 Å². The SMILES string of the molecule is CCC1C=C(N)C=CC1(N)C(=O)O. The molecule has 72 valence electrons. The first-order valence-corrected chi connectivity index (χ1v) is 4.19. The van der Waals surface area contributed by atoms with Crippen molar-refractivity contribution in [2.75, 3.05) is 0 Å². The quantitative estimate of drug-likeness (QED) is 0.569. The molecule has 1 rings (SSSR count). The van der Waals surface area contributed by atoms with Crippen LogP contribution in [0.15, 0.2) is 23.9 Å². The number of carboxylic acid groups (broad SMARTS) is 1. The third-order valence-electron chi connectivity index (χ3n) is 2.37. The minimum atomic E-state index is -1.29. The Kier molecular flexibility index (Phi) is 2.43. The lowest BCUT2D eigenvalue weighted by molar-refractivity contribution is -0.142. The zero-order valence-corrected chi connectivity index (χ0v) is 7.53. The fraction of sp³-hybridized carbons (Fsp3) is 0.444. The molecule has 0 saturated carbocycles. The average Bonchev–Trinajstić information content (AvgIpc) is 2.09. The van der Waals surface area contributed by atoms with E-state index >= 15 is 0 Å². The predicted molar refractivity (Wildman–Crippen MR) is 49.7 cm³/mol. The predicted octanol–water partition coefficient (Wildman–Crippen LogP) is 0.207. The first-order chi connectivity index (χ1) is 6.00. The molecule has 0 aromatic carbocycles. The van der Waals surface area contributed by atoms with E-state index in [0.29, 0.717) is 12.1 Å². The Balaban J connectivity index is 3.01. The van der Waals surface area contributed by atoms with E-state index in [1.54, 1.807) is 12.2 Å². The van der Waals surface area contributed by atoms with Gasteiger partial charge in [-0.05, 0) is 12.5 Å². The van der Waals surface area contributed by atoms with Crippen molar-refractivity contribution in [2.24, 2.45) is 17.4 Å². The Hall–Kier alpha value is -1.29. The molecule has 0 aromatic rings. The highest BCUT2D eigenvalue weighted by Crippen LogP contribution is 2.26. The first kappa shape index (κ1) is 9.80. The fourth-order valence-electron chi connectivity index (χ4n) is 1.47. The minimum Gasteiger partial charge on any atom is -0.480 e. The van der Waals surface area contributed by atoms with Gasteiger partial charge in [0.15, 0.2) is 0 Å². The van der Waals surface area contributed by atoms with Crippen LogP contribution < -0.4 is 11.5 Å². The number of aliphatic carboxylic acids is 1. The second-order valence-electron chi connectivity index (χ2n) is 3.25. The summed E-state index contributed by atoms with van der Waals surface area (Å²) in [7, 11) is 0. The van der Waals surface area contributed by atoms with Crippen LogP contribution in [0.1, 0.15) is 13.3 Å². The number of hydrogen-bond donors (Lipinski definition) is 3. The molecule has 0 aromatic heterocycles. The van der Waals surface area contributed by atoms with Crippen molar-refractivity contribution in [3.05, 3.63) is 23.9 Å². The highest BCUT2D eigenvalue weighted by atomic mass is 16.4. The van der Waals surface area contributed by atoms with Crippen molar-refractivity contribution >= 4 is 5.97 Å². The van der Waals surface area contributed by atoms with Gasteiger partial charge in [0.1, 0.15) is 5.54 Å². The molecule has 0 amide bonds.